The molecule has 3 heteroatoms. The van der Waals surface area contributed by atoms with Gasteiger partial charge in [0.25, 0.3) is 0 Å². The highest BCUT2D eigenvalue weighted by Crippen LogP contribution is 2.21. The summed E-state index contributed by atoms with van der Waals surface area (Å²) in [7, 11) is 0. The van der Waals surface area contributed by atoms with Crippen LogP contribution in [0.3, 0.4) is 0 Å². The minimum absolute atomic E-state index is 0.597. The van der Waals surface area contributed by atoms with Crippen molar-refractivity contribution < 1.29 is 4.74 Å². The molecule has 0 atom stereocenters. The first-order valence-corrected chi connectivity index (χ1v) is 9.05. The predicted octanol–water partition coefficient (Wildman–Crippen LogP) is 5.79. The van der Waals surface area contributed by atoms with Gasteiger partial charge in [0.05, 0.1) is 0 Å². The van der Waals surface area contributed by atoms with Gasteiger partial charge in [-0.15, -0.1) is 0 Å². The predicted molar refractivity (Wildman–Crippen MR) is 108 cm³/mol. The number of nitrogens with one attached hydrogen (secondary N) is 1. The Balaban J connectivity index is 1.55. The van der Waals surface area contributed by atoms with E-state index in [1.807, 2.05) is 30.3 Å². The topological polar surface area (TPSA) is 21.3 Å². The van der Waals surface area contributed by atoms with Gasteiger partial charge in [-0.3, -0.25) is 0 Å². The van der Waals surface area contributed by atoms with E-state index in [1.165, 1.54) is 25.9 Å². The number of rotatable bonds is 6. The molecule has 0 radical (unpaired) electrons. The summed E-state index contributed by atoms with van der Waals surface area (Å²) in [6.07, 6.45) is 0. The number of hydrogen-bond donors (Lipinski definition) is 1. The summed E-state index contributed by atoms with van der Waals surface area (Å²) in [6, 6.07) is 24.8. The van der Waals surface area contributed by atoms with E-state index in [-0.39, 0.29) is 0 Å². The van der Waals surface area contributed by atoms with E-state index < -0.39 is 0 Å². The summed E-state index contributed by atoms with van der Waals surface area (Å²) in [5.41, 5.74) is 4.89. The molecule has 0 fully saturated rings. The molecule has 3 aromatic rings. The Kier molecular flexibility index (Phi) is 5.75. The van der Waals surface area contributed by atoms with Crippen molar-refractivity contribution in [2.24, 2.45) is 0 Å². The minimum atomic E-state index is 0.597. The fourth-order valence-corrected chi connectivity index (χ4v) is 2.94. The highest BCUT2D eigenvalue weighted by Gasteiger charge is 2.02. The van der Waals surface area contributed by atoms with Crippen molar-refractivity contribution in [2.75, 3.05) is 5.32 Å². The zero-order chi connectivity index (χ0) is 16.8. The maximum Gasteiger partial charge on any atom is 0.119 e. The van der Waals surface area contributed by atoms with Gasteiger partial charge in [-0.25, -0.2) is 0 Å². The molecular weight excluding hydrogens is 409 g/mol. The van der Waals surface area contributed by atoms with Crippen molar-refractivity contribution in [1.29, 1.82) is 0 Å². The zero-order valence-electron chi connectivity index (χ0n) is 13.6. The van der Waals surface area contributed by atoms with E-state index in [9.17, 15) is 0 Å². The van der Waals surface area contributed by atoms with Crippen molar-refractivity contribution in [1.82, 2.24) is 0 Å². The molecule has 122 valence electrons. The van der Waals surface area contributed by atoms with Gasteiger partial charge in [0.2, 0.25) is 0 Å². The van der Waals surface area contributed by atoms with Crippen LogP contribution in [-0.2, 0) is 13.2 Å². The minimum Gasteiger partial charge on any atom is -0.489 e. The van der Waals surface area contributed by atoms with E-state index in [2.05, 4.69) is 77.3 Å². The number of halogens is 1. The SMILES string of the molecule is Cc1c(I)cccc1NCc1ccc(OCc2ccccc2)cc1. The first-order valence-electron chi connectivity index (χ1n) is 7.97. The molecule has 0 unspecified atom stereocenters. The fraction of sp³-hybridized carbons (Fsp3) is 0.143. The number of anilines is 1. The van der Waals surface area contributed by atoms with E-state index >= 15 is 0 Å². The third kappa shape index (κ3) is 4.51. The maximum absolute atomic E-state index is 5.82. The highest BCUT2D eigenvalue weighted by atomic mass is 127. The smallest absolute Gasteiger partial charge is 0.119 e. The molecule has 0 aliphatic carbocycles. The molecule has 0 spiro atoms. The Morgan fingerprint density at radius 1 is 0.833 bits per heavy atom. The van der Waals surface area contributed by atoms with Gasteiger partial charge in [-0.2, -0.15) is 0 Å². The second-order valence-electron chi connectivity index (χ2n) is 5.68. The van der Waals surface area contributed by atoms with Gasteiger partial charge < -0.3 is 10.1 Å². The van der Waals surface area contributed by atoms with Crippen molar-refractivity contribution >= 4 is 28.3 Å². The maximum atomic E-state index is 5.82. The average molecular weight is 429 g/mol. The van der Waals surface area contributed by atoms with E-state index in [0.717, 1.165) is 12.3 Å². The summed E-state index contributed by atoms with van der Waals surface area (Å²) < 4.78 is 7.10. The van der Waals surface area contributed by atoms with E-state index in [0.29, 0.717) is 6.61 Å². The van der Waals surface area contributed by atoms with Crippen LogP contribution in [0.25, 0.3) is 0 Å². The number of benzene rings is 3. The molecule has 3 aromatic carbocycles. The molecule has 0 saturated heterocycles. The van der Waals surface area contributed by atoms with Gasteiger partial charge in [0, 0.05) is 15.8 Å². The molecule has 1 N–H and O–H groups in total. The van der Waals surface area contributed by atoms with Crippen LogP contribution in [0.5, 0.6) is 5.75 Å². The van der Waals surface area contributed by atoms with Gasteiger partial charge >= 0.3 is 0 Å². The standard InChI is InChI=1S/C21H20INO/c1-16-20(22)8-5-9-21(16)23-14-17-10-12-19(13-11-17)24-15-18-6-3-2-4-7-18/h2-13,23H,14-15H2,1H3. The van der Waals surface area contributed by atoms with Gasteiger partial charge in [0.1, 0.15) is 12.4 Å². The summed E-state index contributed by atoms with van der Waals surface area (Å²) in [4.78, 5) is 0. The Bertz CT molecular complexity index is 785. The van der Waals surface area contributed by atoms with Crippen LogP contribution in [0.1, 0.15) is 16.7 Å². The van der Waals surface area contributed by atoms with Crippen molar-refractivity contribution in [3.63, 3.8) is 0 Å². The van der Waals surface area contributed by atoms with Gasteiger partial charge in [-0.05, 0) is 70.5 Å². The summed E-state index contributed by atoms with van der Waals surface area (Å²) >= 11 is 2.37. The Morgan fingerprint density at radius 3 is 2.33 bits per heavy atom. The molecule has 0 bridgehead atoms. The molecule has 2 nitrogen and oxygen atoms in total. The van der Waals surface area contributed by atoms with Crippen molar-refractivity contribution in [3.05, 3.63) is 93.1 Å². The Morgan fingerprint density at radius 2 is 1.58 bits per heavy atom. The van der Waals surface area contributed by atoms with Crippen LogP contribution in [0, 0.1) is 10.5 Å². The van der Waals surface area contributed by atoms with Crippen LogP contribution < -0.4 is 10.1 Å². The lowest BCUT2D eigenvalue weighted by Crippen LogP contribution is -2.02. The fourth-order valence-electron chi connectivity index (χ4n) is 2.44. The molecule has 0 aliphatic rings. The van der Waals surface area contributed by atoms with Crippen LogP contribution in [0.2, 0.25) is 0 Å². The largest absolute Gasteiger partial charge is 0.489 e. The normalized spacial score (nSPS) is 10.4. The van der Waals surface area contributed by atoms with E-state index in [4.69, 9.17) is 4.74 Å². The first-order chi connectivity index (χ1) is 11.7. The van der Waals surface area contributed by atoms with Crippen LogP contribution >= 0.6 is 22.6 Å². The van der Waals surface area contributed by atoms with E-state index in [1.54, 1.807) is 0 Å². The van der Waals surface area contributed by atoms with Crippen LogP contribution in [0.4, 0.5) is 5.69 Å². The first kappa shape index (κ1) is 16.8. The molecule has 0 heterocycles. The monoisotopic (exact) mass is 429 g/mol. The lowest BCUT2D eigenvalue weighted by Gasteiger charge is -2.11. The lowest BCUT2D eigenvalue weighted by atomic mass is 10.1. The zero-order valence-corrected chi connectivity index (χ0v) is 15.8. The second-order valence-corrected chi connectivity index (χ2v) is 6.85. The molecule has 0 aliphatic heterocycles. The molecule has 3 rings (SSSR count). The van der Waals surface area contributed by atoms with Crippen LogP contribution in [-0.4, -0.2) is 0 Å². The molecule has 0 saturated carbocycles. The van der Waals surface area contributed by atoms with Crippen molar-refractivity contribution in [2.45, 2.75) is 20.1 Å². The van der Waals surface area contributed by atoms with Gasteiger partial charge in [0.15, 0.2) is 0 Å². The number of hydrogen-bond acceptors (Lipinski definition) is 2. The number of ether oxygens (including phenoxy) is 1. The quantitative estimate of drug-likeness (QED) is 0.501. The summed E-state index contributed by atoms with van der Waals surface area (Å²) in [6.45, 7) is 3.55. The molecule has 0 amide bonds. The Hall–Kier alpha value is -2.01. The summed E-state index contributed by atoms with van der Waals surface area (Å²) in [5, 5.41) is 3.50. The lowest BCUT2D eigenvalue weighted by molar-refractivity contribution is 0.306. The summed E-state index contributed by atoms with van der Waals surface area (Å²) in [5.74, 6) is 0.896. The third-order valence-corrected chi connectivity index (χ3v) is 5.09. The van der Waals surface area contributed by atoms with Crippen molar-refractivity contribution in [3.8, 4) is 5.75 Å². The highest BCUT2D eigenvalue weighted by molar-refractivity contribution is 14.1. The second kappa shape index (κ2) is 8.20. The molecule has 0 aromatic heterocycles. The molecular formula is C21H20INO. The molecule has 24 heavy (non-hydrogen) atoms. The Labute approximate surface area is 157 Å². The third-order valence-electron chi connectivity index (χ3n) is 3.92. The van der Waals surface area contributed by atoms with Crippen LogP contribution in [0.15, 0.2) is 72.8 Å². The van der Waals surface area contributed by atoms with Gasteiger partial charge in [-0.1, -0.05) is 48.5 Å². The average Bonchev–Trinajstić information content (AvgIpc) is 2.63.